The minimum absolute atomic E-state index is 0.0402. The van der Waals surface area contributed by atoms with Gasteiger partial charge in [-0.2, -0.15) is 18.4 Å². The highest BCUT2D eigenvalue weighted by molar-refractivity contribution is 7.90. The molecule has 0 saturated carbocycles. The highest BCUT2D eigenvalue weighted by atomic mass is 32.2. The number of rotatable bonds is 8. The minimum atomic E-state index is -4.55. The third-order valence-corrected chi connectivity index (χ3v) is 8.86. The van der Waals surface area contributed by atoms with E-state index < -0.39 is 76.5 Å². The van der Waals surface area contributed by atoms with Gasteiger partial charge in [0.25, 0.3) is 17.7 Å². The zero-order valence-corrected chi connectivity index (χ0v) is 23.3. The van der Waals surface area contributed by atoms with Crippen LogP contribution >= 0.6 is 11.3 Å². The van der Waals surface area contributed by atoms with Gasteiger partial charge in [0.1, 0.15) is 22.5 Å². The molecule has 2 heterocycles. The zero-order valence-electron chi connectivity index (χ0n) is 21.7. The maximum atomic E-state index is 13.6. The van der Waals surface area contributed by atoms with E-state index in [0.717, 1.165) is 35.6 Å². The first-order valence-electron chi connectivity index (χ1n) is 12.2. The molecule has 10 nitrogen and oxygen atoms in total. The van der Waals surface area contributed by atoms with Gasteiger partial charge in [-0.1, -0.05) is 0 Å². The summed E-state index contributed by atoms with van der Waals surface area (Å²) < 4.78 is 91.0. The number of benzene rings is 2. The number of nitrogens with one attached hydrogen (secondary N) is 2. The quantitative estimate of drug-likeness (QED) is 0.355. The van der Waals surface area contributed by atoms with Gasteiger partial charge in [-0.3, -0.25) is 14.4 Å². The van der Waals surface area contributed by atoms with Crippen molar-refractivity contribution in [3.63, 3.8) is 0 Å². The molecule has 4 rings (SSSR count). The van der Waals surface area contributed by atoms with E-state index in [1.54, 1.807) is 6.07 Å². The summed E-state index contributed by atoms with van der Waals surface area (Å²) in [6, 6.07) is 8.86. The molecule has 3 amide bonds. The summed E-state index contributed by atoms with van der Waals surface area (Å²) in [5, 5.41) is 15.0. The summed E-state index contributed by atoms with van der Waals surface area (Å²) in [7, 11) is -3.96. The van der Waals surface area contributed by atoms with Gasteiger partial charge in [0.15, 0.2) is 9.84 Å². The molecule has 0 bridgehead atoms. The molecule has 0 radical (unpaired) electrons. The van der Waals surface area contributed by atoms with Crippen LogP contribution in [0.2, 0.25) is 0 Å². The number of alkyl halides is 5. The molecule has 3 aromatic rings. The van der Waals surface area contributed by atoms with Crippen molar-refractivity contribution in [2.45, 2.75) is 35.2 Å². The van der Waals surface area contributed by atoms with Gasteiger partial charge in [-0.05, 0) is 48.5 Å². The van der Waals surface area contributed by atoms with E-state index in [2.05, 4.69) is 15.6 Å². The number of anilines is 1. The van der Waals surface area contributed by atoms with E-state index in [0.29, 0.717) is 4.90 Å². The number of carbonyl (C=O) groups excluding carboxylic acids is 3. The molecule has 1 saturated heterocycles. The lowest BCUT2D eigenvalue weighted by atomic mass is 10.1. The Labute approximate surface area is 245 Å². The van der Waals surface area contributed by atoms with Crippen LogP contribution in [-0.4, -0.2) is 61.1 Å². The smallest absolute Gasteiger partial charge is 0.342 e. The highest BCUT2D eigenvalue weighted by Gasteiger charge is 2.47. The monoisotopic (exact) mass is 641 g/mol. The van der Waals surface area contributed by atoms with Crippen LogP contribution in [0.3, 0.4) is 0 Å². The van der Waals surface area contributed by atoms with Crippen molar-refractivity contribution in [1.82, 2.24) is 15.2 Å². The van der Waals surface area contributed by atoms with Gasteiger partial charge in [-0.15, -0.1) is 11.3 Å². The van der Waals surface area contributed by atoms with Crippen LogP contribution in [-0.2, 0) is 26.6 Å². The number of carbonyl (C=O) groups is 3. The van der Waals surface area contributed by atoms with Crippen LogP contribution < -0.4 is 10.6 Å². The molecule has 0 aliphatic carbocycles. The van der Waals surface area contributed by atoms with Crippen molar-refractivity contribution >= 4 is 44.6 Å². The molecule has 43 heavy (non-hydrogen) atoms. The van der Waals surface area contributed by atoms with Crippen LogP contribution in [0.4, 0.5) is 27.6 Å². The Bertz CT molecular complexity index is 1680. The number of likely N-dealkylation sites (tertiary alicyclic amines) is 1. The van der Waals surface area contributed by atoms with Gasteiger partial charge in [0.05, 0.1) is 29.6 Å². The third kappa shape index (κ3) is 7.70. The Hall–Kier alpha value is -4.43. The van der Waals surface area contributed by atoms with Gasteiger partial charge in [0, 0.05) is 23.1 Å². The fourth-order valence-electron chi connectivity index (χ4n) is 4.03. The van der Waals surface area contributed by atoms with Crippen molar-refractivity contribution in [1.29, 1.82) is 5.26 Å². The number of thiazole rings is 1. The second kappa shape index (κ2) is 12.1. The maximum Gasteiger partial charge on any atom is 0.416 e. The van der Waals surface area contributed by atoms with E-state index in [4.69, 9.17) is 5.26 Å². The summed E-state index contributed by atoms with van der Waals surface area (Å²) >= 11 is 0.858. The van der Waals surface area contributed by atoms with Gasteiger partial charge >= 0.3 is 6.18 Å². The molecule has 1 aliphatic heterocycles. The van der Waals surface area contributed by atoms with Crippen molar-refractivity contribution in [2.24, 2.45) is 0 Å². The Morgan fingerprint density at radius 2 is 1.72 bits per heavy atom. The average Bonchev–Trinajstić information content (AvgIpc) is 3.54. The fraction of sp³-hybridized carbons (Fsp3) is 0.269. The number of nitrogens with zero attached hydrogens (tertiary/aromatic N) is 3. The molecular formula is C26H20F5N5O5S2. The molecule has 2 aromatic carbocycles. The number of amides is 3. The molecule has 1 aliphatic rings. The largest absolute Gasteiger partial charge is 0.416 e. The van der Waals surface area contributed by atoms with Crippen LogP contribution in [0.5, 0.6) is 0 Å². The van der Waals surface area contributed by atoms with Crippen LogP contribution in [0.1, 0.15) is 37.8 Å². The SMILES string of the molecule is N#C[C@@H]1CC(F)(F)CN1C(=O)CNC(=O)c1csc(CS(=O)(=O)c2ccc(NC(=O)c3ccc(C(F)(F)F)cc3)cc2)n1. The third-order valence-electron chi connectivity index (χ3n) is 6.18. The fourth-order valence-corrected chi connectivity index (χ4v) is 6.43. The number of hydrogen-bond acceptors (Lipinski definition) is 8. The predicted octanol–water partition coefficient (Wildman–Crippen LogP) is 3.88. The first-order chi connectivity index (χ1) is 20.1. The summed E-state index contributed by atoms with van der Waals surface area (Å²) in [6.07, 6.45) is -5.35. The molecule has 1 aromatic heterocycles. The normalized spacial score (nSPS) is 16.4. The van der Waals surface area contributed by atoms with Crippen molar-refractivity contribution < 1.29 is 44.8 Å². The number of hydrogen-bond donors (Lipinski definition) is 2. The lowest BCUT2D eigenvalue weighted by molar-refractivity contribution is -0.137. The standard InChI is InChI=1S/C26H20F5N5O5S2/c27-25(28)9-18(10-32)36(14-25)22(37)11-33-24(39)20-12-42-21(35-20)13-43(40,41)19-7-5-17(6-8-19)34-23(38)15-1-3-16(4-2-15)26(29,30)31/h1-8,12,18H,9,11,13-14H2,(H,33,39)(H,34,38)/t18-/m0/s1. The first-order valence-corrected chi connectivity index (χ1v) is 14.7. The number of aromatic nitrogens is 1. The van der Waals surface area contributed by atoms with Gasteiger partial charge in [-0.25, -0.2) is 22.2 Å². The molecule has 2 N–H and O–H groups in total. The second-order valence-electron chi connectivity index (χ2n) is 9.35. The zero-order chi connectivity index (χ0) is 31.6. The predicted molar refractivity (Wildman–Crippen MR) is 142 cm³/mol. The molecule has 17 heteroatoms. The molecule has 1 fully saturated rings. The molecular weight excluding hydrogens is 621 g/mol. The topological polar surface area (TPSA) is 149 Å². The van der Waals surface area contributed by atoms with E-state index in [9.17, 15) is 44.8 Å². The van der Waals surface area contributed by atoms with E-state index in [1.807, 2.05) is 0 Å². The van der Waals surface area contributed by atoms with Crippen LogP contribution in [0, 0.1) is 11.3 Å². The lowest BCUT2D eigenvalue weighted by Gasteiger charge is -2.19. The van der Waals surface area contributed by atoms with Gasteiger partial charge in [0.2, 0.25) is 5.91 Å². The van der Waals surface area contributed by atoms with Gasteiger partial charge < -0.3 is 15.5 Å². The van der Waals surface area contributed by atoms with Crippen molar-refractivity contribution in [2.75, 3.05) is 18.4 Å². The molecule has 226 valence electrons. The minimum Gasteiger partial charge on any atom is -0.342 e. The van der Waals surface area contributed by atoms with E-state index in [1.165, 1.54) is 29.6 Å². The Balaban J connectivity index is 1.32. The maximum absolute atomic E-state index is 13.6. The Morgan fingerprint density at radius 1 is 1.07 bits per heavy atom. The summed E-state index contributed by atoms with van der Waals surface area (Å²) in [4.78, 5) is 41.5. The molecule has 1 atom stereocenters. The number of halogens is 5. The highest BCUT2D eigenvalue weighted by Crippen LogP contribution is 2.32. The Morgan fingerprint density at radius 3 is 2.33 bits per heavy atom. The van der Waals surface area contributed by atoms with Crippen molar-refractivity contribution in [3.05, 3.63) is 75.7 Å². The van der Waals surface area contributed by atoms with Crippen molar-refractivity contribution in [3.8, 4) is 6.07 Å². The molecule has 0 unspecified atom stereocenters. The average molecular weight is 642 g/mol. The summed E-state index contributed by atoms with van der Waals surface area (Å²) in [5.74, 6) is -6.23. The Kier molecular flexibility index (Phi) is 8.83. The summed E-state index contributed by atoms with van der Waals surface area (Å²) in [6.45, 7) is -1.61. The van der Waals surface area contributed by atoms with Crippen LogP contribution in [0.25, 0.3) is 0 Å². The lowest BCUT2D eigenvalue weighted by Crippen LogP contribution is -2.43. The number of sulfone groups is 1. The molecule has 0 spiro atoms. The van der Waals surface area contributed by atoms with E-state index in [-0.39, 0.29) is 26.8 Å². The second-order valence-corrected chi connectivity index (χ2v) is 12.3. The first kappa shape index (κ1) is 31.5. The summed E-state index contributed by atoms with van der Waals surface area (Å²) in [5.41, 5.74) is -0.969. The number of nitriles is 1. The van der Waals surface area contributed by atoms with E-state index >= 15 is 0 Å². The van der Waals surface area contributed by atoms with Crippen LogP contribution in [0.15, 0.2) is 58.8 Å².